The van der Waals surface area contributed by atoms with Crippen molar-refractivity contribution in [1.29, 1.82) is 0 Å². The van der Waals surface area contributed by atoms with Crippen molar-refractivity contribution >= 4 is 17.6 Å². The van der Waals surface area contributed by atoms with Gasteiger partial charge in [0.05, 0.1) is 16.8 Å². The summed E-state index contributed by atoms with van der Waals surface area (Å²) >= 11 is 0. The highest BCUT2D eigenvalue weighted by molar-refractivity contribution is 5.86. The minimum Gasteiger partial charge on any atom is -0.460 e. The van der Waals surface area contributed by atoms with E-state index in [-0.39, 0.29) is 18.0 Å². The van der Waals surface area contributed by atoms with Crippen LogP contribution in [0.1, 0.15) is 37.5 Å². The van der Waals surface area contributed by atoms with Crippen LogP contribution in [0.25, 0.3) is 0 Å². The molecule has 1 unspecified atom stereocenters. The lowest BCUT2D eigenvalue weighted by atomic mass is 9.75. The predicted molar refractivity (Wildman–Crippen MR) is 112 cm³/mol. The van der Waals surface area contributed by atoms with Crippen LogP contribution in [0, 0.1) is 22.0 Å². The van der Waals surface area contributed by atoms with Gasteiger partial charge in [-0.1, -0.05) is 36.4 Å². The third-order valence-corrected chi connectivity index (χ3v) is 5.12. The topological polar surface area (TPSA) is 98.5 Å². The normalized spacial score (nSPS) is 18.2. The van der Waals surface area contributed by atoms with Gasteiger partial charge in [0, 0.05) is 18.7 Å². The van der Waals surface area contributed by atoms with Crippen LogP contribution in [0.4, 0.5) is 5.69 Å². The Morgan fingerprint density at radius 3 is 2.37 bits per heavy atom. The number of carbonyl (C=O) groups is 2. The Morgan fingerprint density at radius 1 is 1.07 bits per heavy atom. The van der Waals surface area contributed by atoms with E-state index in [0.717, 1.165) is 11.1 Å². The molecule has 0 aliphatic heterocycles. The molecule has 0 spiro atoms. The summed E-state index contributed by atoms with van der Waals surface area (Å²) in [5.41, 5.74) is 1.81. The molecule has 0 bridgehead atoms. The number of nitro groups is 1. The number of fused-ring (bicyclic) bond motifs is 1. The number of hydrogen-bond donors (Lipinski definition) is 1. The predicted octanol–water partition coefficient (Wildman–Crippen LogP) is 3.58. The highest BCUT2D eigenvalue weighted by Crippen LogP contribution is 2.34. The lowest BCUT2D eigenvalue weighted by Crippen LogP contribution is -2.44. The molecule has 0 saturated carbocycles. The minimum atomic E-state index is -0.700. The number of ether oxygens (including phenoxy) is 1. The molecule has 0 aromatic heterocycles. The Bertz CT molecular complexity index is 950. The lowest BCUT2D eigenvalue weighted by Gasteiger charge is -2.32. The maximum absolute atomic E-state index is 13.0. The second kappa shape index (κ2) is 8.65. The van der Waals surface area contributed by atoms with Crippen molar-refractivity contribution in [3.8, 4) is 0 Å². The molecule has 1 aliphatic carbocycles. The number of nitrogens with one attached hydrogen (secondary N) is 1. The zero-order valence-corrected chi connectivity index (χ0v) is 17.4. The second-order valence-electron chi connectivity index (χ2n) is 8.57. The van der Waals surface area contributed by atoms with Gasteiger partial charge in [-0.25, -0.2) is 0 Å². The van der Waals surface area contributed by atoms with Crippen LogP contribution in [0.5, 0.6) is 0 Å². The fourth-order valence-electron chi connectivity index (χ4n) is 3.69. The van der Waals surface area contributed by atoms with Crippen LogP contribution in [-0.4, -0.2) is 22.4 Å². The van der Waals surface area contributed by atoms with Gasteiger partial charge in [0.2, 0.25) is 5.91 Å². The molecule has 3 rings (SSSR count). The van der Waals surface area contributed by atoms with Gasteiger partial charge in [-0.15, -0.1) is 0 Å². The van der Waals surface area contributed by atoms with Crippen molar-refractivity contribution in [3.63, 3.8) is 0 Å². The number of esters is 1. The molecule has 30 heavy (non-hydrogen) atoms. The van der Waals surface area contributed by atoms with Crippen molar-refractivity contribution in [2.45, 2.75) is 45.8 Å². The average molecular weight is 410 g/mol. The van der Waals surface area contributed by atoms with E-state index in [0.29, 0.717) is 18.5 Å². The van der Waals surface area contributed by atoms with Crippen molar-refractivity contribution < 1.29 is 19.2 Å². The van der Waals surface area contributed by atoms with E-state index in [1.165, 1.54) is 12.1 Å². The standard InChI is InChI=1S/C23H26N2O5/c1-23(2,3)30-22(27)20-13-17-11-18(25(28)29)10-9-16(17)12-19(20)21(26)24-14-15-7-5-4-6-8-15/h4-11,19-20H,12-14H2,1-3H3,(H,24,26)/t19?,20-/m0/s1. The number of benzene rings is 2. The van der Waals surface area contributed by atoms with E-state index < -0.39 is 28.3 Å². The summed E-state index contributed by atoms with van der Waals surface area (Å²) in [4.78, 5) is 36.6. The van der Waals surface area contributed by atoms with Gasteiger partial charge in [-0.2, -0.15) is 0 Å². The van der Waals surface area contributed by atoms with E-state index in [1.54, 1.807) is 26.8 Å². The third-order valence-electron chi connectivity index (χ3n) is 5.12. The monoisotopic (exact) mass is 410 g/mol. The molecule has 7 nitrogen and oxygen atoms in total. The molecule has 2 aromatic rings. The Kier molecular flexibility index (Phi) is 6.20. The number of rotatable bonds is 5. The van der Waals surface area contributed by atoms with Gasteiger partial charge in [0.25, 0.3) is 5.69 Å². The van der Waals surface area contributed by atoms with E-state index in [1.807, 2.05) is 30.3 Å². The minimum absolute atomic E-state index is 0.0244. The first-order chi connectivity index (χ1) is 14.1. The fourth-order valence-corrected chi connectivity index (χ4v) is 3.69. The number of hydrogen-bond acceptors (Lipinski definition) is 5. The number of nitrogens with zero attached hydrogens (tertiary/aromatic N) is 1. The van der Waals surface area contributed by atoms with E-state index in [2.05, 4.69) is 5.32 Å². The quantitative estimate of drug-likeness (QED) is 0.461. The molecule has 0 radical (unpaired) electrons. The summed E-state index contributed by atoms with van der Waals surface area (Å²) in [6.07, 6.45) is 0.563. The van der Waals surface area contributed by atoms with Crippen LogP contribution in [0.2, 0.25) is 0 Å². The van der Waals surface area contributed by atoms with E-state index >= 15 is 0 Å². The lowest BCUT2D eigenvalue weighted by molar-refractivity contribution is -0.384. The van der Waals surface area contributed by atoms with Crippen molar-refractivity contribution in [3.05, 3.63) is 75.3 Å². The molecule has 0 fully saturated rings. The first-order valence-corrected chi connectivity index (χ1v) is 9.95. The average Bonchev–Trinajstić information content (AvgIpc) is 2.70. The third kappa shape index (κ3) is 5.23. The SMILES string of the molecule is CC(C)(C)OC(=O)[C@H]1Cc2cc([N+](=O)[O-])ccc2CC1C(=O)NCc1ccccc1. The summed E-state index contributed by atoms with van der Waals surface area (Å²) in [7, 11) is 0. The van der Waals surface area contributed by atoms with Crippen LogP contribution in [0.15, 0.2) is 48.5 Å². The number of carbonyl (C=O) groups excluding carboxylic acids is 2. The smallest absolute Gasteiger partial charge is 0.310 e. The van der Waals surface area contributed by atoms with Gasteiger partial charge >= 0.3 is 5.97 Å². The summed E-state index contributed by atoms with van der Waals surface area (Å²) in [5.74, 6) is -1.98. The Hall–Kier alpha value is -3.22. The Labute approximate surface area is 175 Å². The molecular weight excluding hydrogens is 384 g/mol. The maximum Gasteiger partial charge on any atom is 0.310 e. The molecule has 1 aliphatic rings. The second-order valence-corrected chi connectivity index (χ2v) is 8.57. The molecule has 2 aromatic carbocycles. The fraction of sp³-hybridized carbons (Fsp3) is 0.391. The molecule has 1 amide bonds. The first-order valence-electron chi connectivity index (χ1n) is 9.95. The molecule has 158 valence electrons. The molecular formula is C23H26N2O5. The van der Waals surface area contributed by atoms with E-state index in [9.17, 15) is 19.7 Å². The largest absolute Gasteiger partial charge is 0.460 e. The molecule has 1 N–H and O–H groups in total. The van der Waals surface area contributed by atoms with Gasteiger partial charge in [0.1, 0.15) is 5.60 Å². The van der Waals surface area contributed by atoms with Crippen molar-refractivity contribution in [1.82, 2.24) is 5.32 Å². The number of nitro benzene ring substituents is 1. The Balaban J connectivity index is 1.84. The molecule has 7 heteroatoms. The molecule has 2 atom stereocenters. The highest BCUT2D eigenvalue weighted by Gasteiger charge is 2.40. The Morgan fingerprint density at radius 2 is 1.73 bits per heavy atom. The van der Waals surface area contributed by atoms with Gasteiger partial charge in [0.15, 0.2) is 0 Å². The van der Waals surface area contributed by atoms with Crippen molar-refractivity contribution in [2.75, 3.05) is 0 Å². The first kappa shape index (κ1) is 21.5. The summed E-state index contributed by atoms with van der Waals surface area (Å²) < 4.78 is 5.56. The van der Waals surface area contributed by atoms with Gasteiger partial charge in [-0.3, -0.25) is 19.7 Å². The van der Waals surface area contributed by atoms with Gasteiger partial charge in [-0.05, 0) is 50.3 Å². The molecule has 0 saturated heterocycles. The maximum atomic E-state index is 13.0. The zero-order valence-electron chi connectivity index (χ0n) is 17.4. The number of non-ortho nitro benzene ring substituents is 1. The summed E-state index contributed by atoms with van der Waals surface area (Å²) in [6.45, 7) is 5.69. The summed E-state index contributed by atoms with van der Waals surface area (Å²) in [5, 5.41) is 14.1. The molecule has 0 heterocycles. The highest BCUT2D eigenvalue weighted by atomic mass is 16.6. The van der Waals surface area contributed by atoms with Crippen LogP contribution < -0.4 is 5.32 Å². The van der Waals surface area contributed by atoms with E-state index in [4.69, 9.17) is 4.74 Å². The zero-order chi connectivity index (χ0) is 21.9. The number of amides is 1. The van der Waals surface area contributed by atoms with Crippen molar-refractivity contribution in [2.24, 2.45) is 11.8 Å². The van der Waals surface area contributed by atoms with Gasteiger partial charge < -0.3 is 10.1 Å². The van der Waals surface area contributed by atoms with Crippen LogP contribution in [-0.2, 0) is 33.7 Å². The van der Waals surface area contributed by atoms with Crippen LogP contribution >= 0.6 is 0 Å². The van der Waals surface area contributed by atoms with Crippen LogP contribution in [0.3, 0.4) is 0 Å². The summed E-state index contributed by atoms with van der Waals surface area (Å²) in [6, 6.07) is 14.1.